The van der Waals surface area contributed by atoms with Crippen LogP contribution in [-0.4, -0.2) is 65.7 Å². The van der Waals surface area contributed by atoms with Gasteiger partial charge in [0.2, 0.25) is 5.91 Å². The number of aliphatic imine (C=N–C) groups is 1. The number of piperidine rings is 1. The Bertz CT molecular complexity index is 1210. The summed E-state index contributed by atoms with van der Waals surface area (Å²) in [6.45, 7) is 7.68. The average Bonchev–Trinajstić information content (AvgIpc) is 3.31. The second kappa shape index (κ2) is 10.5. The number of aryl methyl sites for hydroxylation is 1. The van der Waals surface area contributed by atoms with Crippen molar-refractivity contribution in [3.63, 3.8) is 0 Å². The number of aromatic nitrogens is 1. The van der Waals surface area contributed by atoms with Crippen LogP contribution in [0.3, 0.4) is 0 Å². The number of pyridine rings is 1. The Morgan fingerprint density at radius 1 is 1.25 bits per heavy atom. The van der Waals surface area contributed by atoms with Crippen LogP contribution < -0.4 is 4.74 Å². The molecule has 0 spiro atoms. The highest BCUT2D eigenvalue weighted by Crippen LogP contribution is 2.33. The minimum Gasteiger partial charge on any atom is -0.496 e. The van der Waals surface area contributed by atoms with E-state index in [1.165, 1.54) is 17.2 Å². The fraction of sp³-hybridized carbons (Fsp3) is 0.483. The van der Waals surface area contributed by atoms with Crippen LogP contribution in [0.5, 0.6) is 5.75 Å². The minimum absolute atomic E-state index is 0.190. The summed E-state index contributed by atoms with van der Waals surface area (Å²) >= 11 is 0. The monoisotopic (exact) mass is 490 g/mol. The van der Waals surface area contributed by atoms with Crippen LogP contribution in [0, 0.1) is 18.7 Å². The molecule has 2 aromatic rings. The maximum atomic E-state index is 14.6. The van der Waals surface area contributed by atoms with Gasteiger partial charge in [0.25, 0.3) is 0 Å². The molecule has 0 radical (unpaired) electrons. The third-order valence-corrected chi connectivity index (χ3v) is 8.07. The quantitative estimate of drug-likeness (QED) is 0.596. The molecule has 7 heteroatoms. The molecule has 1 saturated heterocycles. The van der Waals surface area contributed by atoms with Crippen molar-refractivity contribution < 1.29 is 13.9 Å². The van der Waals surface area contributed by atoms with Gasteiger partial charge in [0.05, 0.1) is 19.4 Å². The van der Waals surface area contributed by atoms with Crippen LogP contribution in [0.15, 0.2) is 52.7 Å². The van der Waals surface area contributed by atoms with Gasteiger partial charge in [0, 0.05) is 55.1 Å². The molecule has 190 valence electrons. The number of hydrogen-bond acceptors (Lipinski definition) is 5. The molecule has 3 aliphatic rings. The minimum atomic E-state index is -0.240. The molecule has 1 aromatic heterocycles. The summed E-state index contributed by atoms with van der Waals surface area (Å²) in [5.74, 6) is 0.798. The lowest BCUT2D eigenvalue weighted by atomic mass is 9.86. The molecular formula is C29H35FN4O2. The molecule has 1 aromatic carbocycles. The van der Waals surface area contributed by atoms with Crippen LogP contribution >= 0.6 is 0 Å². The van der Waals surface area contributed by atoms with Crippen LogP contribution in [0.4, 0.5) is 4.39 Å². The summed E-state index contributed by atoms with van der Waals surface area (Å²) in [6.07, 6.45) is 5.26. The van der Waals surface area contributed by atoms with Gasteiger partial charge in [-0.05, 0) is 81.0 Å². The van der Waals surface area contributed by atoms with Crippen LogP contribution in [0.1, 0.15) is 49.4 Å². The standard InChI is InChI=1S/C29H35FN4O2/c1-19-14-22(9-11-31-19)29-24-17-34(13-10-23(24)16-32-29)28(35)15-21-6-5-12-33(20(21)2)18-25-26(30)7-4-8-27(25)36-3/h4,7-9,11,14,20-21H,5-6,10,12-13,15-18H2,1-3H3. The van der Waals surface area contributed by atoms with E-state index in [0.29, 0.717) is 30.8 Å². The second-order valence-electron chi connectivity index (χ2n) is 10.2. The van der Waals surface area contributed by atoms with Crippen molar-refractivity contribution >= 4 is 11.6 Å². The van der Waals surface area contributed by atoms with E-state index in [0.717, 1.165) is 55.9 Å². The van der Waals surface area contributed by atoms with Crippen LogP contribution in [0.25, 0.3) is 0 Å². The fourth-order valence-corrected chi connectivity index (χ4v) is 5.90. The molecule has 36 heavy (non-hydrogen) atoms. The second-order valence-corrected chi connectivity index (χ2v) is 10.2. The predicted octanol–water partition coefficient (Wildman–Crippen LogP) is 4.56. The normalized spacial score (nSPS) is 22.4. The summed E-state index contributed by atoms with van der Waals surface area (Å²) in [6, 6.07) is 9.23. The number of carbonyl (C=O) groups is 1. The van der Waals surface area contributed by atoms with Crippen molar-refractivity contribution in [2.75, 3.05) is 33.3 Å². The zero-order valence-electron chi connectivity index (χ0n) is 21.5. The molecule has 6 nitrogen and oxygen atoms in total. The molecule has 2 atom stereocenters. The summed E-state index contributed by atoms with van der Waals surface area (Å²) in [4.78, 5) is 26.9. The lowest BCUT2D eigenvalue weighted by Crippen LogP contribution is -2.46. The van der Waals surface area contributed by atoms with Gasteiger partial charge in [-0.1, -0.05) is 6.07 Å². The summed E-state index contributed by atoms with van der Waals surface area (Å²) < 4.78 is 20.0. The highest BCUT2D eigenvalue weighted by Gasteiger charge is 2.34. The van der Waals surface area contributed by atoms with E-state index >= 15 is 0 Å². The van der Waals surface area contributed by atoms with Gasteiger partial charge >= 0.3 is 0 Å². The van der Waals surface area contributed by atoms with E-state index < -0.39 is 0 Å². The smallest absolute Gasteiger partial charge is 0.223 e. The molecular weight excluding hydrogens is 455 g/mol. The first-order valence-electron chi connectivity index (χ1n) is 13.0. The Balaban J connectivity index is 1.24. The number of amides is 1. The number of benzene rings is 1. The van der Waals surface area contributed by atoms with Crippen molar-refractivity contribution in [1.29, 1.82) is 0 Å². The topological polar surface area (TPSA) is 58.0 Å². The van der Waals surface area contributed by atoms with Gasteiger partial charge in [-0.15, -0.1) is 0 Å². The Kier molecular flexibility index (Phi) is 7.19. The van der Waals surface area contributed by atoms with E-state index in [1.54, 1.807) is 19.2 Å². The molecule has 0 N–H and O–H groups in total. The number of hydrogen-bond donors (Lipinski definition) is 0. The number of rotatable bonds is 6. The maximum Gasteiger partial charge on any atom is 0.223 e. The van der Waals surface area contributed by atoms with Crippen LogP contribution in [0.2, 0.25) is 0 Å². The molecule has 1 amide bonds. The first-order valence-corrected chi connectivity index (χ1v) is 13.0. The number of carbonyl (C=O) groups excluding carboxylic acids is 1. The Hall–Kier alpha value is -3.06. The summed E-state index contributed by atoms with van der Waals surface area (Å²) in [5, 5.41) is 0. The van der Waals surface area contributed by atoms with Crippen LogP contribution in [-0.2, 0) is 11.3 Å². The first-order chi connectivity index (χ1) is 17.4. The largest absolute Gasteiger partial charge is 0.496 e. The molecule has 0 saturated carbocycles. The highest BCUT2D eigenvalue weighted by molar-refractivity contribution is 6.15. The zero-order valence-corrected chi connectivity index (χ0v) is 21.5. The number of methoxy groups -OCH3 is 1. The molecule has 1 fully saturated rings. The predicted molar refractivity (Wildman–Crippen MR) is 139 cm³/mol. The third kappa shape index (κ3) is 4.94. The Morgan fingerprint density at radius 2 is 2.11 bits per heavy atom. The molecule has 0 bridgehead atoms. The first kappa shape index (κ1) is 24.6. The van der Waals surface area contributed by atoms with Crippen molar-refractivity contribution in [3.05, 3.63) is 70.3 Å². The SMILES string of the molecule is COc1cccc(F)c1CN1CCCC(CC(=O)N2CCC3=C(C2)C(c2ccnc(C)c2)=NC3)C1C. The van der Waals surface area contributed by atoms with Crippen molar-refractivity contribution in [2.45, 2.75) is 52.1 Å². The average molecular weight is 491 g/mol. The molecule has 2 unspecified atom stereocenters. The fourth-order valence-electron chi connectivity index (χ4n) is 5.90. The number of likely N-dealkylation sites (tertiary alicyclic amines) is 1. The lowest BCUT2D eigenvalue weighted by Gasteiger charge is -2.40. The van der Waals surface area contributed by atoms with Gasteiger partial charge in [0.1, 0.15) is 11.6 Å². The van der Waals surface area contributed by atoms with Gasteiger partial charge in [-0.3, -0.25) is 19.7 Å². The van der Waals surface area contributed by atoms with E-state index in [-0.39, 0.29) is 23.7 Å². The highest BCUT2D eigenvalue weighted by atomic mass is 19.1. The van der Waals surface area contributed by atoms with Gasteiger partial charge in [-0.25, -0.2) is 4.39 Å². The third-order valence-electron chi connectivity index (χ3n) is 8.07. The van der Waals surface area contributed by atoms with E-state index in [4.69, 9.17) is 9.73 Å². The van der Waals surface area contributed by atoms with E-state index in [9.17, 15) is 9.18 Å². The van der Waals surface area contributed by atoms with Crippen molar-refractivity contribution in [3.8, 4) is 5.75 Å². The lowest BCUT2D eigenvalue weighted by molar-refractivity contribution is -0.133. The summed E-state index contributed by atoms with van der Waals surface area (Å²) in [5.41, 5.74) is 6.24. The van der Waals surface area contributed by atoms with Crippen molar-refractivity contribution in [2.24, 2.45) is 10.9 Å². The molecule has 5 rings (SSSR count). The number of ether oxygens (including phenoxy) is 1. The zero-order chi connectivity index (χ0) is 25.2. The Labute approximate surface area is 212 Å². The van der Waals surface area contributed by atoms with Crippen molar-refractivity contribution in [1.82, 2.24) is 14.8 Å². The molecule has 4 heterocycles. The molecule has 3 aliphatic heterocycles. The van der Waals surface area contributed by atoms with Gasteiger partial charge in [0.15, 0.2) is 0 Å². The number of halogens is 1. The van der Waals surface area contributed by atoms with E-state index in [2.05, 4.69) is 22.9 Å². The Morgan fingerprint density at radius 3 is 2.92 bits per heavy atom. The maximum absolute atomic E-state index is 14.6. The number of nitrogens with zero attached hydrogens (tertiary/aromatic N) is 4. The van der Waals surface area contributed by atoms with Gasteiger partial charge in [-0.2, -0.15) is 0 Å². The molecule has 0 aliphatic carbocycles. The summed E-state index contributed by atoms with van der Waals surface area (Å²) in [7, 11) is 1.58. The van der Waals surface area contributed by atoms with Gasteiger partial charge < -0.3 is 9.64 Å². The van der Waals surface area contributed by atoms with E-state index in [1.807, 2.05) is 24.1 Å².